The van der Waals surface area contributed by atoms with Crippen molar-refractivity contribution in [1.29, 1.82) is 0 Å². The predicted molar refractivity (Wildman–Crippen MR) is 480 cm³/mol. The zero-order valence-corrected chi connectivity index (χ0v) is 74.7. The number of benzene rings is 4. The van der Waals surface area contributed by atoms with E-state index in [1.54, 1.807) is 57.5 Å². The number of likely N-dealkylation sites (tertiary alicyclic amines) is 1. The molecule has 4 amide bonds. The smallest absolute Gasteiger partial charge is 0.244 e. The molecule has 4 aromatic carbocycles. The Morgan fingerprint density at radius 2 is 0.780 bits per heavy atom. The Kier molecular flexibility index (Phi) is 28.9. The van der Waals surface area contributed by atoms with Crippen LogP contribution in [0.5, 0.6) is 17.4 Å². The van der Waals surface area contributed by atoms with E-state index in [1.165, 1.54) is 55.7 Å². The highest BCUT2D eigenvalue weighted by molar-refractivity contribution is 7.11. The molecule has 1 fully saturated rings. The molecule has 26 nitrogen and oxygen atoms in total. The molecule has 0 saturated carbocycles. The van der Waals surface area contributed by atoms with Crippen molar-refractivity contribution in [3.05, 3.63) is 247 Å². The molecule has 4 aliphatic heterocycles. The summed E-state index contributed by atoms with van der Waals surface area (Å²) in [7, 11) is 4.79. The van der Waals surface area contributed by atoms with Crippen molar-refractivity contribution >= 4 is 46.1 Å². The second-order valence-electron chi connectivity index (χ2n) is 31.8. The number of hydrogen-bond donors (Lipinski definition) is 0. The van der Waals surface area contributed by atoms with Crippen LogP contribution >= 0.6 is 11.3 Å². The highest BCUT2D eigenvalue weighted by Crippen LogP contribution is 2.33. The summed E-state index contributed by atoms with van der Waals surface area (Å²) in [6, 6.07) is 35.7. The maximum atomic E-state index is 13.0. The number of ether oxygens (including phenoxy) is 3. The van der Waals surface area contributed by atoms with Crippen LogP contribution in [0.4, 0.5) is 0 Å². The number of hydrogen-bond acceptors (Lipinski definition) is 19. The summed E-state index contributed by atoms with van der Waals surface area (Å²) < 4.78 is 22.9. The molecule has 4 aliphatic rings. The third kappa shape index (κ3) is 21.6. The Bertz CT molecular complexity index is 5800. The van der Waals surface area contributed by atoms with E-state index in [0.717, 1.165) is 153 Å². The third-order valence-electron chi connectivity index (χ3n) is 23.7. The highest BCUT2D eigenvalue weighted by atomic mass is 32.1. The summed E-state index contributed by atoms with van der Waals surface area (Å²) in [6.45, 7) is 33.4. The maximum Gasteiger partial charge on any atom is 0.244 e. The van der Waals surface area contributed by atoms with Gasteiger partial charge >= 0.3 is 0 Å². The second-order valence-corrected chi connectivity index (χ2v) is 33.1. The second kappa shape index (κ2) is 40.4. The maximum absolute atomic E-state index is 13.0. The molecule has 123 heavy (non-hydrogen) atoms. The van der Waals surface area contributed by atoms with Gasteiger partial charge in [-0.25, -0.2) is 34.9 Å². The van der Waals surface area contributed by atoms with E-state index in [9.17, 15) is 19.2 Å². The Hall–Kier alpha value is -12.7. The van der Waals surface area contributed by atoms with E-state index in [2.05, 4.69) is 221 Å². The Morgan fingerprint density at radius 3 is 1.14 bits per heavy atom. The fraction of sp³-hybridized carbons (Fsp3) is 0.385. The lowest BCUT2D eigenvalue weighted by molar-refractivity contribution is -0.133. The van der Waals surface area contributed by atoms with Gasteiger partial charge < -0.3 is 33.8 Å². The van der Waals surface area contributed by atoms with Crippen molar-refractivity contribution in [2.24, 2.45) is 0 Å². The molecule has 0 N–H and O–H groups in total. The molecule has 1 saturated heterocycles. The monoisotopic (exact) mass is 1680 g/mol. The van der Waals surface area contributed by atoms with Crippen molar-refractivity contribution in [1.82, 2.24) is 93.6 Å². The van der Waals surface area contributed by atoms with Crippen LogP contribution in [-0.4, -0.2) is 178 Å². The van der Waals surface area contributed by atoms with E-state index in [1.807, 2.05) is 57.4 Å². The summed E-state index contributed by atoms with van der Waals surface area (Å²) in [5.74, 6) is 3.99. The van der Waals surface area contributed by atoms with Gasteiger partial charge in [0.2, 0.25) is 29.5 Å². The Labute approximate surface area is 725 Å². The highest BCUT2D eigenvalue weighted by Gasteiger charge is 2.30. The van der Waals surface area contributed by atoms with Gasteiger partial charge in [0, 0.05) is 101 Å². The van der Waals surface area contributed by atoms with Crippen LogP contribution in [0.2, 0.25) is 0 Å². The standard InChI is InChI=1S/C25H29N5O2.C25H31N5O2.C25H29N5O2.C21H24N4OS/c1-5-21-13-23(20-7-6-17(2)18(3)12-20)28-30(21)15-25(31)29-10-8-19(9-11-29)22-14-24(32-4)27-16-26-22;2*1-5-21-13-23(20-7-6-17(2)18(3)12-20)28-30(21)16-24(31)29-10-8-19(9-11-29)25-26-14-22(32-4)15-27-25;1-5-17-9-18(16-7-6-13(2)14(3)8-16)23-25(17)12-21(26)24-10-19-20(11-24)27-15(4)22-19/h6-8,12-14,16H,5,9-11,15H2,1-4H3;6-7,12-15,19H,5,8-11,16H2,1-4H3;6-8,12-15H,5,9-11,16H2,1-4H3;6-9H,5,10-12H2,1-4H3. The van der Waals surface area contributed by atoms with Crippen LogP contribution < -0.4 is 14.2 Å². The van der Waals surface area contributed by atoms with Gasteiger partial charge in [-0.3, -0.25) is 37.9 Å². The number of fused-ring (bicyclic) bond motifs is 1. The van der Waals surface area contributed by atoms with Crippen LogP contribution in [-0.2, 0) is 84.1 Å². The molecule has 0 spiro atoms. The quantitative estimate of drug-likeness (QED) is 0.0610. The first kappa shape index (κ1) is 88.1. The largest absolute Gasteiger partial charge is 0.494 e. The van der Waals surface area contributed by atoms with Crippen LogP contribution in [0.15, 0.2) is 146 Å². The van der Waals surface area contributed by atoms with Crippen molar-refractivity contribution < 1.29 is 33.4 Å². The number of nitrogens with zero attached hydrogens (tertiary/aromatic N) is 19. The average Bonchev–Trinajstić information content (AvgIpc) is 1.61. The van der Waals surface area contributed by atoms with Gasteiger partial charge in [-0.15, -0.1) is 11.3 Å². The van der Waals surface area contributed by atoms with E-state index in [-0.39, 0.29) is 55.7 Å². The zero-order chi connectivity index (χ0) is 87.1. The minimum atomic E-state index is 0.0698. The summed E-state index contributed by atoms with van der Waals surface area (Å²) in [5, 5.41) is 20.1. The zero-order valence-electron chi connectivity index (χ0n) is 73.8. The van der Waals surface area contributed by atoms with Crippen LogP contribution in [0.3, 0.4) is 0 Å². The van der Waals surface area contributed by atoms with Crippen LogP contribution in [0.25, 0.3) is 56.2 Å². The lowest BCUT2D eigenvalue weighted by atomic mass is 9.96. The fourth-order valence-electron chi connectivity index (χ4n) is 15.4. The minimum Gasteiger partial charge on any atom is -0.494 e. The van der Waals surface area contributed by atoms with Gasteiger partial charge in [0.05, 0.1) is 98.4 Å². The van der Waals surface area contributed by atoms with Crippen LogP contribution in [0.1, 0.15) is 160 Å². The SMILES string of the molecule is CCc1cc(-c2ccc(C)c(C)c2)nn1CC(=O)N1CC=C(c2cc(OC)ncn2)CC1.CCc1cc(-c2ccc(C)c(C)c2)nn1CC(=O)N1CC=C(c2ncc(OC)cn2)CC1.CCc1cc(-c2ccc(C)c(C)c2)nn1CC(=O)N1CCC(c2ncc(OC)cn2)CC1.CCc1cc(-c2ccc(C)c(C)c2)nn1CC(=O)N1Cc2nc(C)sc2C1. The van der Waals surface area contributed by atoms with Crippen molar-refractivity contribution in [2.45, 2.75) is 187 Å². The molecule has 16 rings (SSSR count). The number of carbonyl (C=O) groups is 4. The predicted octanol–water partition coefficient (Wildman–Crippen LogP) is 15.7. The molecular weight excluding hydrogens is 1560 g/mol. The summed E-state index contributed by atoms with van der Waals surface area (Å²) in [6.07, 6.45) is 18.9. The fourth-order valence-corrected chi connectivity index (χ4v) is 16.4. The van der Waals surface area contributed by atoms with Gasteiger partial charge in [-0.2, -0.15) is 20.4 Å². The normalized spacial score (nSPS) is 13.9. The first-order valence-corrected chi connectivity index (χ1v) is 43.3. The number of rotatable bonds is 22. The molecule has 0 bridgehead atoms. The van der Waals surface area contributed by atoms with E-state index >= 15 is 0 Å². The first-order valence-electron chi connectivity index (χ1n) is 42.5. The van der Waals surface area contributed by atoms with Gasteiger partial charge in [-0.05, 0) is 218 Å². The van der Waals surface area contributed by atoms with E-state index < -0.39 is 0 Å². The number of piperidine rings is 1. The molecule has 0 unspecified atom stereocenters. The molecular formula is C96H113N19O7S. The summed E-state index contributed by atoms with van der Waals surface area (Å²) in [5.41, 5.74) is 26.4. The van der Waals surface area contributed by atoms with Gasteiger partial charge in [0.1, 0.15) is 38.3 Å². The Balaban J connectivity index is 0.000000141. The van der Waals surface area contributed by atoms with Crippen molar-refractivity contribution in [3.8, 4) is 62.4 Å². The molecule has 12 aromatic rings. The molecule has 27 heteroatoms. The number of carbonyl (C=O) groups excluding carboxylic acids is 4. The van der Waals surface area contributed by atoms with Crippen LogP contribution in [0, 0.1) is 62.3 Å². The summed E-state index contributed by atoms with van der Waals surface area (Å²) in [4.78, 5) is 91.1. The summed E-state index contributed by atoms with van der Waals surface area (Å²) >= 11 is 1.69. The topological polar surface area (TPSA) is 270 Å². The molecule has 0 atom stereocenters. The molecule has 0 aliphatic carbocycles. The number of methoxy groups -OCH3 is 3. The molecule has 12 heterocycles. The number of aryl methyl sites for hydroxylation is 13. The first-order chi connectivity index (χ1) is 59.4. The number of aromatic nitrogens is 15. The number of thiazole rings is 1. The Morgan fingerprint density at radius 1 is 0.398 bits per heavy atom. The van der Waals surface area contributed by atoms with E-state index in [4.69, 9.17) is 34.6 Å². The average molecular weight is 1680 g/mol. The number of amides is 4. The molecule has 640 valence electrons. The van der Waals surface area contributed by atoms with Crippen molar-refractivity contribution in [3.63, 3.8) is 0 Å². The third-order valence-corrected chi connectivity index (χ3v) is 24.7. The van der Waals surface area contributed by atoms with Gasteiger partial charge in [0.25, 0.3) is 0 Å². The molecule has 0 radical (unpaired) electrons. The lowest BCUT2D eigenvalue weighted by Gasteiger charge is -2.31. The van der Waals surface area contributed by atoms with Gasteiger partial charge in [0.15, 0.2) is 17.3 Å². The van der Waals surface area contributed by atoms with Crippen molar-refractivity contribution in [2.75, 3.05) is 60.6 Å². The minimum absolute atomic E-state index is 0.0698. The molecule has 8 aromatic heterocycles. The lowest BCUT2D eigenvalue weighted by Crippen LogP contribution is -2.40. The van der Waals surface area contributed by atoms with E-state index in [0.29, 0.717) is 75.6 Å². The van der Waals surface area contributed by atoms with Gasteiger partial charge in [-0.1, -0.05) is 88.4 Å².